The Bertz CT molecular complexity index is 622. The van der Waals surface area contributed by atoms with Gasteiger partial charge >= 0.3 is 11.8 Å². The van der Waals surface area contributed by atoms with Gasteiger partial charge in [0.1, 0.15) is 5.75 Å². The number of benzene rings is 1. The third kappa shape index (κ3) is 4.76. The largest absolute Gasteiger partial charge is 0.496 e. The van der Waals surface area contributed by atoms with E-state index in [2.05, 4.69) is 11.2 Å². The summed E-state index contributed by atoms with van der Waals surface area (Å²) in [6, 6.07) is 5.39. The second-order valence-electron chi connectivity index (χ2n) is 6.04. The summed E-state index contributed by atoms with van der Waals surface area (Å²) in [7, 11) is 1.57. The highest BCUT2D eigenvalue weighted by Gasteiger charge is 2.26. The lowest BCUT2D eigenvalue weighted by Gasteiger charge is -2.30. The Morgan fingerprint density at radius 2 is 1.88 bits per heavy atom. The monoisotopic (exact) mass is 330 g/mol. The highest BCUT2D eigenvalue weighted by molar-refractivity contribution is 6.35. The van der Waals surface area contributed by atoms with Crippen LogP contribution < -0.4 is 10.1 Å². The first-order valence-corrected chi connectivity index (χ1v) is 8.06. The molecule has 0 unspecified atom stereocenters. The molecule has 0 saturated carbocycles. The highest BCUT2D eigenvalue weighted by Crippen LogP contribution is 2.22. The van der Waals surface area contributed by atoms with Crippen molar-refractivity contribution >= 4 is 11.8 Å². The molecular weight excluding hydrogens is 304 g/mol. The number of amides is 2. The molecule has 0 spiro atoms. The first-order valence-electron chi connectivity index (χ1n) is 8.06. The predicted octanol–water partition coefficient (Wildman–Crippen LogP) is 1.98. The van der Waals surface area contributed by atoms with Crippen molar-refractivity contribution in [2.75, 3.05) is 13.7 Å². The van der Waals surface area contributed by atoms with E-state index in [0.717, 1.165) is 11.1 Å². The van der Waals surface area contributed by atoms with Gasteiger partial charge in [0.15, 0.2) is 0 Å². The standard InChI is InChI=1S/C19H26N2O3/c1-7-15-9-8-10-17(24-6)16(15)11-12-20-18(22)19(23)21(13(2)3)14(4)5/h1,8-10,13-14H,11-12H2,2-6H3,(H,20,22). The number of nitrogens with one attached hydrogen (secondary N) is 1. The van der Waals surface area contributed by atoms with Crippen LogP contribution in [-0.4, -0.2) is 42.5 Å². The lowest BCUT2D eigenvalue weighted by Crippen LogP contribution is -2.49. The van der Waals surface area contributed by atoms with E-state index < -0.39 is 11.8 Å². The maximum Gasteiger partial charge on any atom is 0.312 e. The Balaban J connectivity index is 2.73. The van der Waals surface area contributed by atoms with Crippen LogP contribution in [0, 0.1) is 12.3 Å². The van der Waals surface area contributed by atoms with Crippen LogP contribution >= 0.6 is 0 Å². The molecule has 0 heterocycles. The minimum atomic E-state index is -0.602. The van der Waals surface area contributed by atoms with Crippen molar-refractivity contribution in [2.24, 2.45) is 0 Å². The third-order valence-corrected chi connectivity index (χ3v) is 3.71. The fraction of sp³-hybridized carbons (Fsp3) is 0.474. The molecule has 1 rings (SSSR count). The van der Waals surface area contributed by atoms with Crippen molar-refractivity contribution in [3.05, 3.63) is 29.3 Å². The summed E-state index contributed by atoms with van der Waals surface area (Å²) in [4.78, 5) is 26.0. The SMILES string of the molecule is C#Cc1cccc(OC)c1CCNC(=O)C(=O)N(C(C)C)C(C)C. The van der Waals surface area contributed by atoms with E-state index in [1.54, 1.807) is 12.0 Å². The zero-order chi connectivity index (χ0) is 18.3. The van der Waals surface area contributed by atoms with Crippen molar-refractivity contribution in [1.29, 1.82) is 0 Å². The second-order valence-corrected chi connectivity index (χ2v) is 6.04. The van der Waals surface area contributed by atoms with E-state index in [0.29, 0.717) is 18.7 Å². The van der Waals surface area contributed by atoms with E-state index in [-0.39, 0.29) is 12.1 Å². The minimum absolute atomic E-state index is 0.0366. The van der Waals surface area contributed by atoms with Gasteiger partial charge in [0, 0.05) is 29.8 Å². The van der Waals surface area contributed by atoms with Gasteiger partial charge in [-0.15, -0.1) is 6.42 Å². The lowest BCUT2D eigenvalue weighted by atomic mass is 10.0. The van der Waals surface area contributed by atoms with Crippen LogP contribution in [0.15, 0.2) is 18.2 Å². The smallest absolute Gasteiger partial charge is 0.312 e. The second kappa shape index (κ2) is 8.97. The number of hydrogen-bond acceptors (Lipinski definition) is 3. The van der Waals surface area contributed by atoms with E-state index in [9.17, 15) is 9.59 Å². The highest BCUT2D eigenvalue weighted by atomic mass is 16.5. The van der Waals surface area contributed by atoms with Crippen LogP contribution in [0.4, 0.5) is 0 Å². The molecule has 0 aliphatic rings. The molecule has 1 N–H and O–H groups in total. The number of carbonyl (C=O) groups is 2. The fourth-order valence-corrected chi connectivity index (χ4v) is 2.71. The summed E-state index contributed by atoms with van der Waals surface area (Å²) in [6.07, 6.45) is 6.00. The fourth-order valence-electron chi connectivity index (χ4n) is 2.71. The summed E-state index contributed by atoms with van der Waals surface area (Å²) in [6.45, 7) is 7.86. The van der Waals surface area contributed by atoms with Crippen LogP contribution in [0.25, 0.3) is 0 Å². The maximum atomic E-state index is 12.3. The molecule has 2 amide bonds. The van der Waals surface area contributed by atoms with Gasteiger partial charge in [-0.3, -0.25) is 9.59 Å². The van der Waals surface area contributed by atoms with E-state index in [4.69, 9.17) is 11.2 Å². The molecule has 0 atom stereocenters. The molecule has 0 aliphatic carbocycles. The molecular formula is C19H26N2O3. The Morgan fingerprint density at radius 1 is 1.25 bits per heavy atom. The molecule has 0 bridgehead atoms. The zero-order valence-corrected chi connectivity index (χ0v) is 15.1. The molecule has 0 radical (unpaired) electrons. The van der Waals surface area contributed by atoms with Gasteiger partial charge in [-0.25, -0.2) is 0 Å². The number of nitrogens with zero attached hydrogens (tertiary/aromatic N) is 1. The molecule has 1 aromatic carbocycles. The van der Waals surface area contributed by atoms with E-state index in [1.165, 1.54) is 0 Å². The Labute approximate surface area is 144 Å². The van der Waals surface area contributed by atoms with Gasteiger partial charge in [0.05, 0.1) is 7.11 Å². The topological polar surface area (TPSA) is 58.6 Å². The van der Waals surface area contributed by atoms with E-state index in [1.807, 2.05) is 45.9 Å². The Hall–Kier alpha value is -2.48. The molecule has 130 valence electrons. The Morgan fingerprint density at radius 3 is 2.38 bits per heavy atom. The van der Waals surface area contributed by atoms with Gasteiger partial charge in [0.25, 0.3) is 0 Å². The van der Waals surface area contributed by atoms with Crippen LogP contribution in [-0.2, 0) is 16.0 Å². The van der Waals surface area contributed by atoms with Crippen LogP contribution in [0.3, 0.4) is 0 Å². The minimum Gasteiger partial charge on any atom is -0.496 e. The summed E-state index contributed by atoms with van der Waals surface area (Å²) >= 11 is 0. The van der Waals surface area contributed by atoms with Crippen molar-refractivity contribution in [3.8, 4) is 18.1 Å². The Kier molecular flexibility index (Phi) is 7.31. The average molecular weight is 330 g/mol. The van der Waals surface area contributed by atoms with Crippen LogP contribution in [0.1, 0.15) is 38.8 Å². The van der Waals surface area contributed by atoms with Gasteiger partial charge < -0.3 is 15.0 Å². The molecule has 0 saturated heterocycles. The lowest BCUT2D eigenvalue weighted by molar-refractivity contribution is -0.148. The average Bonchev–Trinajstić information content (AvgIpc) is 2.53. The molecule has 5 heteroatoms. The third-order valence-electron chi connectivity index (χ3n) is 3.71. The first kappa shape index (κ1) is 19.6. The molecule has 0 aromatic heterocycles. The summed E-state index contributed by atoms with van der Waals surface area (Å²) in [5, 5.41) is 2.67. The van der Waals surface area contributed by atoms with E-state index >= 15 is 0 Å². The zero-order valence-electron chi connectivity index (χ0n) is 15.1. The maximum absolute atomic E-state index is 12.3. The molecule has 0 aliphatic heterocycles. The van der Waals surface area contributed by atoms with Crippen LogP contribution in [0.2, 0.25) is 0 Å². The molecule has 0 fully saturated rings. The molecule has 5 nitrogen and oxygen atoms in total. The molecule has 1 aromatic rings. The molecule has 24 heavy (non-hydrogen) atoms. The summed E-state index contributed by atoms with van der Waals surface area (Å²) in [5.41, 5.74) is 1.57. The van der Waals surface area contributed by atoms with Crippen molar-refractivity contribution in [1.82, 2.24) is 10.2 Å². The number of methoxy groups -OCH3 is 1. The van der Waals surface area contributed by atoms with Gasteiger partial charge in [-0.2, -0.15) is 0 Å². The van der Waals surface area contributed by atoms with Gasteiger partial charge in [0.2, 0.25) is 0 Å². The van der Waals surface area contributed by atoms with Gasteiger partial charge in [-0.1, -0.05) is 12.0 Å². The number of ether oxygens (including phenoxy) is 1. The quantitative estimate of drug-likeness (QED) is 0.641. The number of rotatable bonds is 6. The first-order chi connectivity index (χ1) is 11.3. The number of hydrogen-bond donors (Lipinski definition) is 1. The van der Waals surface area contributed by atoms with Crippen LogP contribution in [0.5, 0.6) is 5.75 Å². The summed E-state index contributed by atoms with van der Waals surface area (Å²) in [5.74, 6) is 2.17. The normalized spacial score (nSPS) is 10.4. The van der Waals surface area contributed by atoms with Gasteiger partial charge in [-0.05, 0) is 46.2 Å². The predicted molar refractivity (Wildman–Crippen MR) is 94.8 cm³/mol. The number of carbonyl (C=O) groups excluding carboxylic acids is 2. The summed E-state index contributed by atoms with van der Waals surface area (Å²) < 4.78 is 5.31. The number of terminal acetylenes is 1. The van der Waals surface area contributed by atoms with Crippen molar-refractivity contribution < 1.29 is 14.3 Å². The van der Waals surface area contributed by atoms with Crippen molar-refractivity contribution in [2.45, 2.75) is 46.2 Å². The van der Waals surface area contributed by atoms with Crippen molar-refractivity contribution in [3.63, 3.8) is 0 Å².